The number of anilines is 1. The van der Waals surface area contributed by atoms with Crippen molar-refractivity contribution in [3.8, 4) is 17.2 Å². The molecule has 5 rings (SSSR count). The number of benzene rings is 3. The topological polar surface area (TPSA) is 74.0 Å². The lowest BCUT2D eigenvalue weighted by molar-refractivity contribution is -0.120. The quantitative estimate of drug-likeness (QED) is 0.442. The molecule has 1 N–H and O–H groups in total. The zero-order valence-corrected chi connectivity index (χ0v) is 19.7. The highest BCUT2D eigenvalue weighted by Gasteiger charge is 2.31. The second kappa shape index (κ2) is 9.96. The Morgan fingerprint density at radius 3 is 2.60 bits per heavy atom. The molecular weight excluding hydrogens is 434 g/mol. The van der Waals surface area contributed by atoms with Crippen molar-refractivity contribution in [2.45, 2.75) is 18.9 Å². The van der Waals surface area contributed by atoms with E-state index in [0.29, 0.717) is 18.7 Å². The monoisotopic (exact) mass is 461 g/mol. The molecule has 0 bridgehead atoms. The Morgan fingerprint density at radius 1 is 1.09 bits per heavy atom. The van der Waals surface area contributed by atoms with Crippen LogP contribution in [-0.2, 0) is 24.7 Å². The number of aromatic nitrogens is 2. The van der Waals surface area contributed by atoms with Gasteiger partial charge in [0.05, 0.1) is 17.8 Å². The number of hydrogen-bond donors (Lipinski definition) is 1. The Morgan fingerprint density at radius 2 is 1.89 bits per heavy atom. The fraction of sp³-hybridized carbons (Fsp3) is 0.207. The minimum Gasteiger partial charge on any atom is -0.310 e. The first kappa shape index (κ1) is 22.6. The summed E-state index contributed by atoms with van der Waals surface area (Å²) in [6.07, 6.45) is 5.47. The van der Waals surface area contributed by atoms with Crippen LogP contribution in [0.1, 0.15) is 28.3 Å². The van der Waals surface area contributed by atoms with E-state index < -0.39 is 6.04 Å². The van der Waals surface area contributed by atoms with Crippen molar-refractivity contribution in [1.29, 1.82) is 5.26 Å². The number of aryl methyl sites for hydroxylation is 1. The predicted molar refractivity (Wildman–Crippen MR) is 137 cm³/mol. The molecule has 1 aliphatic rings. The number of nitrogens with zero attached hydrogens (tertiary/aromatic N) is 4. The van der Waals surface area contributed by atoms with Gasteiger partial charge >= 0.3 is 0 Å². The number of carbonyl (C=O) groups is 1. The van der Waals surface area contributed by atoms with Crippen molar-refractivity contribution in [2.24, 2.45) is 7.05 Å². The fourth-order valence-electron chi connectivity index (χ4n) is 4.64. The summed E-state index contributed by atoms with van der Waals surface area (Å²) in [4.78, 5) is 15.7. The van der Waals surface area contributed by atoms with Gasteiger partial charge in [0, 0.05) is 37.6 Å². The van der Waals surface area contributed by atoms with Crippen LogP contribution in [0.15, 0.2) is 85.2 Å². The number of carbonyl (C=O) groups excluding carboxylic acids is 1. The van der Waals surface area contributed by atoms with Gasteiger partial charge in [0.2, 0.25) is 5.91 Å². The van der Waals surface area contributed by atoms with Crippen LogP contribution < -0.4 is 10.2 Å². The summed E-state index contributed by atoms with van der Waals surface area (Å²) in [5.41, 5.74) is 7.10. The third kappa shape index (κ3) is 4.86. The molecule has 0 aliphatic carbocycles. The van der Waals surface area contributed by atoms with Crippen molar-refractivity contribution in [3.05, 3.63) is 107 Å². The maximum atomic E-state index is 13.8. The van der Waals surface area contributed by atoms with Crippen molar-refractivity contribution < 1.29 is 4.79 Å². The zero-order valence-electron chi connectivity index (χ0n) is 19.7. The standard InChI is InChI=1S/C29H27N5O/c1-33-20-26(19-32-33)24-11-12-27-25(17-24)14-16-34(27)29(35)28(23-5-3-2-4-6-23)31-15-13-21-7-9-22(18-30)10-8-21/h2-12,17,19-20,28,31H,13-16H2,1H3. The van der Waals surface area contributed by atoms with Crippen LogP contribution in [-0.4, -0.2) is 28.8 Å². The van der Waals surface area contributed by atoms with Crippen LogP contribution >= 0.6 is 0 Å². The molecule has 1 aliphatic heterocycles. The molecule has 1 atom stereocenters. The van der Waals surface area contributed by atoms with E-state index in [1.807, 2.05) is 78.9 Å². The zero-order chi connectivity index (χ0) is 24.2. The number of rotatable bonds is 7. The average molecular weight is 462 g/mol. The van der Waals surface area contributed by atoms with E-state index in [-0.39, 0.29) is 5.91 Å². The molecule has 35 heavy (non-hydrogen) atoms. The third-order valence-electron chi connectivity index (χ3n) is 6.50. The molecule has 6 heteroatoms. The lowest BCUT2D eigenvalue weighted by Gasteiger charge is -2.25. The van der Waals surface area contributed by atoms with E-state index in [9.17, 15) is 4.79 Å². The fourth-order valence-corrected chi connectivity index (χ4v) is 4.64. The Balaban J connectivity index is 1.34. The Hall–Kier alpha value is -4.21. The van der Waals surface area contributed by atoms with Crippen LogP contribution in [0.3, 0.4) is 0 Å². The van der Waals surface area contributed by atoms with Crippen molar-refractivity contribution >= 4 is 11.6 Å². The number of hydrogen-bond acceptors (Lipinski definition) is 4. The van der Waals surface area contributed by atoms with Gasteiger partial charge in [-0.2, -0.15) is 10.4 Å². The number of fused-ring (bicyclic) bond motifs is 1. The smallest absolute Gasteiger partial charge is 0.248 e. The van der Waals surface area contributed by atoms with Gasteiger partial charge in [-0.3, -0.25) is 9.48 Å². The molecule has 0 saturated heterocycles. The molecule has 1 aromatic heterocycles. The van der Waals surface area contributed by atoms with Gasteiger partial charge in [-0.05, 0) is 59.4 Å². The highest BCUT2D eigenvalue weighted by molar-refractivity contribution is 5.99. The van der Waals surface area contributed by atoms with Gasteiger partial charge < -0.3 is 10.2 Å². The third-order valence-corrected chi connectivity index (χ3v) is 6.50. The molecular formula is C29H27N5O. The van der Waals surface area contributed by atoms with Crippen LogP contribution in [0.2, 0.25) is 0 Å². The molecule has 0 saturated carbocycles. The maximum Gasteiger partial charge on any atom is 0.248 e. The van der Waals surface area contributed by atoms with Gasteiger partial charge in [0.15, 0.2) is 0 Å². The van der Waals surface area contributed by atoms with E-state index in [1.165, 1.54) is 5.56 Å². The highest BCUT2D eigenvalue weighted by Crippen LogP contribution is 2.34. The largest absolute Gasteiger partial charge is 0.310 e. The van der Waals surface area contributed by atoms with Gasteiger partial charge in [0.1, 0.15) is 6.04 Å². The van der Waals surface area contributed by atoms with E-state index in [0.717, 1.165) is 40.8 Å². The second-order valence-electron chi connectivity index (χ2n) is 8.84. The minimum absolute atomic E-state index is 0.0592. The van der Waals surface area contributed by atoms with Crippen LogP contribution in [0.4, 0.5) is 5.69 Å². The summed E-state index contributed by atoms with van der Waals surface area (Å²) in [5.74, 6) is 0.0592. The molecule has 0 radical (unpaired) electrons. The van der Waals surface area contributed by atoms with E-state index >= 15 is 0 Å². The highest BCUT2D eigenvalue weighted by atomic mass is 16.2. The molecule has 0 fully saturated rings. The Kier molecular flexibility index (Phi) is 6.42. The predicted octanol–water partition coefficient (Wildman–Crippen LogP) is 4.42. The summed E-state index contributed by atoms with van der Waals surface area (Å²) < 4.78 is 1.80. The lowest BCUT2D eigenvalue weighted by atomic mass is 10.0. The first-order valence-corrected chi connectivity index (χ1v) is 11.8. The summed E-state index contributed by atoms with van der Waals surface area (Å²) in [6.45, 7) is 1.32. The molecule has 4 aromatic rings. The number of amides is 1. The van der Waals surface area contributed by atoms with Gasteiger partial charge in [-0.25, -0.2) is 0 Å². The van der Waals surface area contributed by atoms with Crippen molar-refractivity contribution in [3.63, 3.8) is 0 Å². The van der Waals surface area contributed by atoms with Crippen LogP contribution in [0.5, 0.6) is 0 Å². The summed E-state index contributed by atoms with van der Waals surface area (Å²) in [7, 11) is 1.91. The molecule has 1 amide bonds. The maximum absolute atomic E-state index is 13.8. The van der Waals surface area contributed by atoms with E-state index in [1.54, 1.807) is 4.68 Å². The normalized spacial score (nSPS) is 13.3. The molecule has 1 unspecified atom stereocenters. The van der Waals surface area contributed by atoms with Crippen molar-refractivity contribution in [1.82, 2.24) is 15.1 Å². The summed E-state index contributed by atoms with van der Waals surface area (Å²) in [5, 5.41) is 16.8. The van der Waals surface area contributed by atoms with Crippen LogP contribution in [0.25, 0.3) is 11.1 Å². The SMILES string of the molecule is Cn1cc(-c2ccc3c(c2)CCN3C(=O)C(NCCc2ccc(C#N)cc2)c2ccccc2)cn1. The van der Waals surface area contributed by atoms with E-state index in [4.69, 9.17) is 5.26 Å². The molecule has 0 spiro atoms. The Bertz CT molecular complexity index is 1370. The molecule has 2 heterocycles. The molecule has 3 aromatic carbocycles. The molecule has 6 nitrogen and oxygen atoms in total. The average Bonchev–Trinajstić information content (AvgIpc) is 3.53. The van der Waals surface area contributed by atoms with Gasteiger partial charge in [0.25, 0.3) is 0 Å². The Labute approximate surface area is 205 Å². The van der Waals surface area contributed by atoms with Crippen molar-refractivity contribution in [2.75, 3.05) is 18.0 Å². The second-order valence-corrected chi connectivity index (χ2v) is 8.84. The van der Waals surface area contributed by atoms with Gasteiger partial charge in [-0.15, -0.1) is 0 Å². The first-order chi connectivity index (χ1) is 17.1. The summed E-state index contributed by atoms with van der Waals surface area (Å²) in [6, 6.07) is 25.5. The number of nitriles is 1. The first-order valence-electron chi connectivity index (χ1n) is 11.8. The minimum atomic E-state index is -0.432. The summed E-state index contributed by atoms with van der Waals surface area (Å²) >= 11 is 0. The van der Waals surface area contributed by atoms with Crippen LogP contribution in [0, 0.1) is 11.3 Å². The number of nitrogens with one attached hydrogen (secondary N) is 1. The van der Waals surface area contributed by atoms with E-state index in [2.05, 4.69) is 34.7 Å². The molecule has 174 valence electrons. The lowest BCUT2D eigenvalue weighted by Crippen LogP contribution is -2.41. The van der Waals surface area contributed by atoms with Gasteiger partial charge in [-0.1, -0.05) is 48.5 Å².